The summed E-state index contributed by atoms with van der Waals surface area (Å²) in [4.78, 5) is 9.26. The summed E-state index contributed by atoms with van der Waals surface area (Å²) >= 11 is 0. The largest absolute Gasteiger partial charge is 0.494 e. The first-order valence-corrected chi connectivity index (χ1v) is 7.24. The molecule has 0 fully saturated rings. The zero-order valence-electron chi connectivity index (χ0n) is 13.4. The molecule has 4 heteroatoms. The fraction of sp³-hybridized carbons (Fsp3) is 0.412. The molecule has 0 amide bonds. The number of ether oxygens (including phenoxy) is 1. The van der Waals surface area contributed by atoms with Crippen molar-refractivity contribution in [2.45, 2.75) is 33.1 Å². The minimum atomic E-state index is -0.0904. The van der Waals surface area contributed by atoms with E-state index in [4.69, 9.17) is 9.72 Å². The van der Waals surface area contributed by atoms with Crippen LogP contribution in [-0.2, 0) is 5.41 Å². The van der Waals surface area contributed by atoms with Crippen LogP contribution < -0.4 is 10.1 Å². The Hall–Kier alpha value is -2.10. The number of aromatic nitrogens is 2. The van der Waals surface area contributed by atoms with Gasteiger partial charge in [-0.25, -0.2) is 9.97 Å². The molecule has 0 spiro atoms. The van der Waals surface area contributed by atoms with Crippen LogP contribution in [0.3, 0.4) is 0 Å². The highest BCUT2D eigenvalue weighted by molar-refractivity contribution is 5.63. The van der Waals surface area contributed by atoms with Crippen LogP contribution in [0.25, 0.3) is 11.3 Å². The summed E-state index contributed by atoms with van der Waals surface area (Å²) in [5.74, 6) is 2.54. The van der Waals surface area contributed by atoms with E-state index in [1.807, 2.05) is 44.3 Å². The third kappa shape index (κ3) is 3.72. The van der Waals surface area contributed by atoms with E-state index in [-0.39, 0.29) is 5.41 Å². The summed E-state index contributed by atoms with van der Waals surface area (Å²) in [6, 6.07) is 9.96. The van der Waals surface area contributed by atoms with Crippen molar-refractivity contribution in [3.8, 4) is 17.0 Å². The van der Waals surface area contributed by atoms with Crippen molar-refractivity contribution in [2.75, 3.05) is 19.0 Å². The van der Waals surface area contributed by atoms with E-state index in [1.165, 1.54) is 0 Å². The van der Waals surface area contributed by atoms with Gasteiger partial charge in [0.05, 0.1) is 12.3 Å². The third-order valence-corrected chi connectivity index (χ3v) is 3.11. The van der Waals surface area contributed by atoms with Crippen molar-refractivity contribution in [1.29, 1.82) is 0 Å². The lowest BCUT2D eigenvalue weighted by molar-refractivity contribution is 0.340. The van der Waals surface area contributed by atoms with Crippen molar-refractivity contribution in [2.24, 2.45) is 0 Å². The standard InChI is InChI=1S/C17H23N3O/c1-6-21-13-9-7-12(8-10-13)14-11-15(18-5)20-16(19-14)17(2,3)4/h7-11H,6H2,1-5H3,(H,18,19,20). The second-order valence-electron chi connectivity index (χ2n) is 5.92. The molecule has 0 radical (unpaired) electrons. The number of nitrogens with zero attached hydrogens (tertiary/aromatic N) is 2. The maximum atomic E-state index is 5.47. The molecule has 0 saturated carbocycles. The lowest BCUT2D eigenvalue weighted by Gasteiger charge is -2.18. The van der Waals surface area contributed by atoms with Crippen molar-refractivity contribution in [3.63, 3.8) is 0 Å². The molecule has 1 aromatic carbocycles. The highest BCUT2D eigenvalue weighted by Crippen LogP contribution is 2.26. The molecule has 21 heavy (non-hydrogen) atoms. The Kier molecular flexibility index (Phi) is 4.46. The predicted octanol–water partition coefficient (Wildman–Crippen LogP) is 3.88. The Balaban J connectivity index is 2.42. The SMILES string of the molecule is CCOc1ccc(-c2cc(NC)nc(C(C)(C)C)n2)cc1. The van der Waals surface area contributed by atoms with Crippen LogP contribution in [0.15, 0.2) is 30.3 Å². The lowest BCUT2D eigenvalue weighted by atomic mass is 9.95. The van der Waals surface area contributed by atoms with E-state index < -0.39 is 0 Å². The van der Waals surface area contributed by atoms with Gasteiger partial charge < -0.3 is 10.1 Å². The third-order valence-electron chi connectivity index (χ3n) is 3.11. The maximum Gasteiger partial charge on any atom is 0.136 e. The molecule has 0 bridgehead atoms. The first-order chi connectivity index (χ1) is 9.94. The van der Waals surface area contributed by atoms with Crippen molar-refractivity contribution >= 4 is 5.82 Å². The van der Waals surface area contributed by atoms with Gasteiger partial charge in [0, 0.05) is 24.1 Å². The highest BCUT2D eigenvalue weighted by Gasteiger charge is 2.19. The van der Waals surface area contributed by atoms with Gasteiger partial charge in [0.1, 0.15) is 17.4 Å². The molecule has 2 aromatic rings. The van der Waals surface area contributed by atoms with E-state index in [9.17, 15) is 0 Å². The van der Waals surface area contributed by atoms with Gasteiger partial charge in [0.25, 0.3) is 0 Å². The van der Waals surface area contributed by atoms with Crippen LogP contribution in [0, 0.1) is 0 Å². The molecule has 0 saturated heterocycles. The molecule has 4 nitrogen and oxygen atoms in total. The van der Waals surface area contributed by atoms with E-state index in [1.54, 1.807) is 0 Å². The molecule has 0 aliphatic heterocycles. The van der Waals surface area contributed by atoms with Crippen LogP contribution in [0.5, 0.6) is 5.75 Å². The predicted molar refractivity (Wildman–Crippen MR) is 86.9 cm³/mol. The van der Waals surface area contributed by atoms with Crippen molar-refractivity contribution in [3.05, 3.63) is 36.2 Å². The van der Waals surface area contributed by atoms with E-state index in [0.717, 1.165) is 28.6 Å². The molecular weight excluding hydrogens is 262 g/mol. The van der Waals surface area contributed by atoms with Crippen molar-refractivity contribution in [1.82, 2.24) is 9.97 Å². The van der Waals surface area contributed by atoms with Gasteiger partial charge in [0.2, 0.25) is 0 Å². The second-order valence-corrected chi connectivity index (χ2v) is 5.92. The summed E-state index contributed by atoms with van der Waals surface area (Å²) in [6.45, 7) is 9.00. The van der Waals surface area contributed by atoms with Crippen molar-refractivity contribution < 1.29 is 4.74 Å². The summed E-state index contributed by atoms with van der Waals surface area (Å²) in [5, 5.41) is 3.11. The molecule has 0 atom stereocenters. The molecule has 1 heterocycles. The highest BCUT2D eigenvalue weighted by atomic mass is 16.5. The fourth-order valence-corrected chi connectivity index (χ4v) is 1.95. The Bertz CT molecular complexity index is 600. The monoisotopic (exact) mass is 285 g/mol. The lowest BCUT2D eigenvalue weighted by Crippen LogP contribution is -2.17. The van der Waals surface area contributed by atoms with E-state index in [0.29, 0.717) is 6.61 Å². The minimum absolute atomic E-state index is 0.0904. The fourth-order valence-electron chi connectivity index (χ4n) is 1.95. The van der Waals surface area contributed by atoms with Crippen LogP contribution in [0.2, 0.25) is 0 Å². The molecular formula is C17H23N3O. The van der Waals surface area contributed by atoms with Crippen LogP contribution in [0.4, 0.5) is 5.82 Å². The van der Waals surface area contributed by atoms with Gasteiger partial charge in [-0.15, -0.1) is 0 Å². The number of rotatable bonds is 4. The zero-order chi connectivity index (χ0) is 15.5. The normalized spacial score (nSPS) is 11.3. The zero-order valence-corrected chi connectivity index (χ0v) is 13.4. The van der Waals surface area contributed by atoms with Gasteiger partial charge in [-0.1, -0.05) is 20.8 Å². The van der Waals surface area contributed by atoms with Crippen LogP contribution >= 0.6 is 0 Å². The average molecular weight is 285 g/mol. The molecule has 0 unspecified atom stereocenters. The van der Waals surface area contributed by atoms with E-state index in [2.05, 4.69) is 31.1 Å². The number of benzene rings is 1. The van der Waals surface area contributed by atoms with Gasteiger partial charge >= 0.3 is 0 Å². The molecule has 2 rings (SSSR count). The Morgan fingerprint density at radius 2 is 1.76 bits per heavy atom. The Labute approximate surface area is 126 Å². The van der Waals surface area contributed by atoms with Gasteiger partial charge in [-0.2, -0.15) is 0 Å². The summed E-state index contributed by atoms with van der Waals surface area (Å²) in [5.41, 5.74) is 1.89. The summed E-state index contributed by atoms with van der Waals surface area (Å²) in [6.07, 6.45) is 0. The topological polar surface area (TPSA) is 47.0 Å². The Morgan fingerprint density at radius 1 is 1.10 bits per heavy atom. The average Bonchev–Trinajstić information content (AvgIpc) is 2.47. The second kappa shape index (κ2) is 6.12. The molecule has 0 aliphatic rings. The number of anilines is 1. The van der Waals surface area contributed by atoms with Crippen LogP contribution in [0.1, 0.15) is 33.5 Å². The molecule has 112 valence electrons. The minimum Gasteiger partial charge on any atom is -0.494 e. The maximum absolute atomic E-state index is 5.47. The number of hydrogen-bond acceptors (Lipinski definition) is 4. The van der Waals surface area contributed by atoms with Gasteiger partial charge in [-0.05, 0) is 31.2 Å². The summed E-state index contributed by atoms with van der Waals surface area (Å²) in [7, 11) is 1.87. The first kappa shape index (κ1) is 15.3. The molecule has 0 aliphatic carbocycles. The smallest absolute Gasteiger partial charge is 0.136 e. The molecule has 1 N–H and O–H groups in total. The van der Waals surface area contributed by atoms with Gasteiger partial charge in [0.15, 0.2) is 0 Å². The van der Waals surface area contributed by atoms with Crippen LogP contribution in [-0.4, -0.2) is 23.6 Å². The quantitative estimate of drug-likeness (QED) is 0.926. The van der Waals surface area contributed by atoms with Gasteiger partial charge in [-0.3, -0.25) is 0 Å². The number of nitrogens with one attached hydrogen (secondary N) is 1. The summed E-state index contributed by atoms with van der Waals surface area (Å²) < 4.78 is 5.47. The first-order valence-electron chi connectivity index (χ1n) is 7.24. The van der Waals surface area contributed by atoms with E-state index >= 15 is 0 Å². The molecule has 1 aromatic heterocycles. The number of hydrogen-bond donors (Lipinski definition) is 1. The Morgan fingerprint density at radius 3 is 2.29 bits per heavy atom.